The molecule has 5 rings (SSSR count). The van der Waals surface area contributed by atoms with Gasteiger partial charge in [-0.05, 0) is 37.6 Å². The number of rotatable bonds is 5. The number of aromatic nitrogens is 4. The van der Waals surface area contributed by atoms with E-state index in [0.29, 0.717) is 35.2 Å². The molecule has 0 radical (unpaired) electrons. The van der Waals surface area contributed by atoms with Crippen LogP contribution in [-0.2, 0) is 6.54 Å². The molecule has 1 aliphatic heterocycles. The van der Waals surface area contributed by atoms with Crippen LogP contribution in [0.5, 0.6) is 0 Å². The summed E-state index contributed by atoms with van der Waals surface area (Å²) >= 11 is 0. The van der Waals surface area contributed by atoms with Crippen molar-refractivity contribution in [2.45, 2.75) is 25.4 Å². The van der Waals surface area contributed by atoms with E-state index in [1.807, 2.05) is 13.1 Å². The molecule has 166 valence electrons. The summed E-state index contributed by atoms with van der Waals surface area (Å²) in [5, 5.41) is 4.38. The number of benzene rings is 1. The zero-order valence-electron chi connectivity index (χ0n) is 17.6. The summed E-state index contributed by atoms with van der Waals surface area (Å²) in [4.78, 5) is 13.3. The predicted molar refractivity (Wildman–Crippen MR) is 116 cm³/mol. The normalized spacial score (nSPS) is 17.2. The lowest BCUT2D eigenvalue weighted by Gasteiger charge is -2.38. The van der Waals surface area contributed by atoms with Gasteiger partial charge < -0.3 is 15.1 Å². The Morgan fingerprint density at radius 1 is 1.22 bits per heavy atom. The molecule has 3 aromatic heterocycles. The van der Waals surface area contributed by atoms with E-state index >= 15 is 0 Å². The highest BCUT2D eigenvalue weighted by atomic mass is 19.1. The number of nitrogen functional groups attached to an aromatic ring is 1. The first kappa shape index (κ1) is 20.4. The summed E-state index contributed by atoms with van der Waals surface area (Å²) in [5.74, 6) is 0.834. The van der Waals surface area contributed by atoms with Crippen LogP contribution < -0.4 is 10.6 Å². The van der Waals surface area contributed by atoms with E-state index < -0.39 is 11.6 Å². The summed E-state index contributed by atoms with van der Waals surface area (Å²) in [6.45, 7) is 2.01. The fourth-order valence-electron chi connectivity index (χ4n) is 4.16. The van der Waals surface area contributed by atoms with Gasteiger partial charge in [-0.25, -0.2) is 13.8 Å². The van der Waals surface area contributed by atoms with Crippen LogP contribution in [-0.4, -0.2) is 50.7 Å². The van der Waals surface area contributed by atoms with Crippen LogP contribution in [0.15, 0.2) is 47.1 Å². The molecule has 4 heterocycles. The first-order valence-electron chi connectivity index (χ1n) is 10.4. The third-order valence-electron chi connectivity index (χ3n) is 5.88. The van der Waals surface area contributed by atoms with Gasteiger partial charge in [-0.3, -0.25) is 4.90 Å². The van der Waals surface area contributed by atoms with Crippen molar-refractivity contribution in [1.82, 2.24) is 24.5 Å². The Morgan fingerprint density at radius 2 is 2.09 bits per heavy atom. The van der Waals surface area contributed by atoms with Crippen LogP contribution in [0.1, 0.15) is 18.4 Å². The van der Waals surface area contributed by atoms with Gasteiger partial charge in [-0.2, -0.15) is 9.50 Å². The highest BCUT2D eigenvalue weighted by molar-refractivity contribution is 5.59. The lowest BCUT2D eigenvalue weighted by atomic mass is 10.0. The second kappa shape index (κ2) is 8.19. The third-order valence-corrected chi connectivity index (χ3v) is 5.88. The summed E-state index contributed by atoms with van der Waals surface area (Å²) in [6.07, 6.45) is 3.49. The standard InChI is InChI=1S/C22H23F2N7O/c1-29(16-4-2-8-30(13-16)12-14-6-7-15(23)10-17(14)24)19-11-20-26-21(18-5-3-9-32-18)28-31(20)22(25)27-19/h3,5-7,9-11,16H,2,4,8,12-13H2,1H3,(H2,25,27). The number of hydrogen-bond acceptors (Lipinski definition) is 7. The summed E-state index contributed by atoms with van der Waals surface area (Å²) in [5.41, 5.74) is 7.23. The number of furan rings is 1. The Kier molecular flexibility index (Phi) is 5.22. The second-order valence-corrected chi connectivity index (χ2v) is 8.03. The summed E-state index contributed by atoms with van der Waals surface area (Å²) < 4.78 is 34.2. The number of likely N-dealkylation sites (N-methyl/N-ethyl adjacent to an activating group) is 1. The smallest absolute Gasteiger partial charge is 0.225 e. The van der Waals surface area contributed by atoms with Crippen molar-refractivity contribution in [3.8, 4) is 11.6 Å². The Balaban J connectivity index is 1.35. The van der Waals surface area contributed by atoms with Crippen molar-refractivity contribution >= 4 is 17.4 Å². The van der Waals surface area contributed by atoms with E-state index in [0.717, 1.165) is 32.0 Å². The first-order chi connectivity index (χ1) is 15.5. The minimum atomic E-state index is -0.565. The lowest BCUT2D eigenvalue weighted by molar-refractivity contribution is 0.196. The molecule has 0 spiro atoms. The molecule has 1 fully saturated rings. The zero-order chi connectivity index (χ0) is 22.2. The lowest BCUT2D eigenvalue weighted by Crippen LogP contribution is -2.46. The van der Waals surface area contributed by atoms with Gasteiger partial charge in [0.25, 0.3) is 0 Å². The molecule has 1 aliphatic rings. The number of piperidine rings is 1. The number of nitrogens with two attached hydrogens (primary N) is 1. The van der Waals surface area contributed by atoms with Gasteiger partial charge in [0.1, 0.15) is 17.5 Å². The second-order valence-electron chi connectivity index (χ2n) is 8.03. The zero-order valence-corrected chi connectivity index (χ0v) is 17.6. The van der Waals surface area contributed by atoms with Crippen molar-refractivity contribution in [3.05, 3.63) is 59.9 Å². The van der Waals surface area contributed by atoms with E-state index in [1.54, 1.807) is 18.4 Å². The quantitative estimate of drug-likeness (QED) is 0.510. The van der Waals surface area contributed by atoms with Gasteiger partial charge in [-0.15, -0.1) is 5.10 Å². The maximum atomic E-state index is 14.1. The molecule has 2 N–H and O–H groups in total. The highest BCUT2D eigenvalue weighted by Gasteiger charge is 2.26. The van der Waals surface area contributed by atoms with E-state index in [-0.39, 0.29) is 12.0 Å². The molecule has 10 heteroatoms. The molecular weight excluding hydrogens is 416 g/mol. The van der Waals surface area contributed by atoms with Gasteiger partial charge in [0, 0.05) is 43.9 Å². The molecule has 1 saturated heterocycles. The molecule has 0 saturated carbocycles. The molecule has 1 aromatic carbocycles. The Morgan fingerprint density at radius 3 is 2.88 bits per heavy atom. The number of fused-ring (bicyclic) bond motifs is 1. The van der Waals surface area contributed by atoms with E-state index in [9.17, 15) is 8.78 Å². The average molecular weight is 439 g/mol. The number of halogens is 2. The van der Waals surface area contributed by atoms with Gasteiger partial charge in [0.15, 0.2) is 11.4 Å². The summed E-state index contributed by atoms with van der Waals surface area (Å²) in [7, 11) is 1.97. The number of anilines is 2. The van der Waals surface area contributed by atoms with E-state index in [1.165, 1.54) is 16.6 Å². The van der Waals surface area contributed by atoms with Gasteiger partial charge in [-0.1, -0.05) is 6.07 Å². The van der Waals surface area contributed by atoms with Crippen LogP contribution in [0.2, 0.25) is 0 Å². The molecule has 32 heavy (non-hydrogen) atoms. The van der Waals surface area contributed by atoms with Crippen LogP contribution in [0.4, 0.5) is 20.5 Å². The van der Waals surface area contributed by atoms with Gasteiger partial charge in [0.2, 0.25) is 11.8 Å². The molecule has 0 aliphatic carbocycles. The van der Waals surface area contributed by atoms with E-state index in [2.05, 4.69) is 24.9 Å². The summed E-state index contributed by atoms with van der Waals surface area (Å²) in [6, 6.07) is 9.29. The van der Waals surface area contributed by atoms with Crippen molar-refractivity contribution in [2.24, 2.45) is 0 Å². The fraction of sp³-hybridized carbons (Fsp3) is 0.318. The fourth-order valence-corrected chi connectivity index (χ4v) is 4.16. The Labute approximate surface area is 183 Å². The van der Waals surface area contributed by atoms with Crippen molar-refractivity contribution < 1.29 is 13.2 Å². The third kappa shape index (κ3) is 3.89. The average Bonchev–Trinajstić information content (AvgIpc) is 3.45. The number of likely N-dealkylation sites (tertiary alicyclic amines) is 1. The van der Waals surface area contributed by atoms with Crippen LogP contribution in [0.25, 0.3) is 17.2 Å². The largest absolute Gasteiger partial charge is 0.461 e. The Bertz CT molecular complexity index is 1240. The maximum Gasteiger partial charge on any atom is 0.225 e. The maximum absolute atomic E-state index is 14.1. The molecular formula is C22H23F2N7O. The Hall–Kier alpha value is -3.53. The molecule has 0 amide bonds. The molecule has 0 bridgehead atoms. The van der Waals surface area contributed by atoms with Crippen molar-refractivity contribution in [2.75, 3.05) is 30.8 Å². The highest BCUT2D eigenvalue weighted by Crippen LogP contribution is 2.25. The van der Waals surface area contributed by atoms with Crippen LogP contribution in [0, 0.1) is 11.6 Å². The number of nitrogens with zero attached hydrogens (tertiary/aromatic N) is 6. The topological polar surface area (TPSA) is 88.7 Å². The molecule has 1 atom stereocenters. The molecule has 1 unspecified atom stereocenters. The minimum absolute atomic E-state index is 0.161. The van der Waals surface area contributed by atoms with Crippen molar-refractivity contribution in [1.29, 1.82) is 0 Å². The minimum Gasteiger partial charge on any atom is -0.461 e. The monoisotopic (exact) mass is 439 g/mol. The SMILES string of the molecule is CN(c1cc2nc(-c3ccco3)nn2c(N)n1)C1CCCN(Cc2ccc(F)cc2F)C1. The van der Waals surface area contributed by atoms with Crippen LogP contribution in [0.3, 0.4) is 0 Å². The molecule has 8 nitrogen and oxygen atoms in total. The first-order valence-corrected chi connectivity index (χ1v) is 10.4. The van der Waals surface area contributed by atoms with Gasteiger partial charge in [0.05, 0.1) is 6.26 Å². The predicted octanol–water partition coefficient (Wildman–Crippen LogP) is 3.35. The van der Waals surface area contributed by atoms with Crippen LogP contribution >= 0.6 is 0 Å². The van der Waals surface area contributed by atoms with Gasteiger partial charge >= 0.3 is 0 Å². The van der Waals surface area contributed by atoms with Crippen molar-refractivity contribution in [3.63, 3.8) is 0 Å². The van der Waals surface area contributed by atoms with E-state index in [4.69, 9.17) is 10.2 Å². The molecule has 4 aromatic rings. The number of hydrogen-bond donors (Lipinski definition) is 1.